The highest BCUT2D eigenvalue weighted by Gasteiger charge is 2.47. The van der Waals surface area contributed by atoms with E-state index in [1.165, 1.54) is 51.3 Å². The van der Waals surface area contributed by atoms with E-state index in [9.17, 15) is 36.7 Å². The van der Waals surface area contributed by atoms with Crippen molar-refractivity contribution < 1.29 is 41.5 Å². The van der Waals surface area contributed by atoms with Crippen LogP contribution in [0.4, 0.5) is 17.6 Å². The topological polar surface area (TPSA) is 114 Å². The van der Waals surface area contributed by atoms with Crippen molar-refractivity contribution in [3.63, 3.8) is 0 Å². The Morgan fingerprint density at radius 3 is 2.30 bits per heavy atom. The molecule has 3 N–H and O–H groups in total. The lowest BCUT2D eigenvalue weighted by atomic mass is 9.75. The summed E-state index contributed by atoms with van der Waals surface area (Å²) < 4.78 is 59.6. The molecule has 1 aromatic heterocycles. The third kappa shape index (κ3) is 8.91. The van der Waals surface area contributed by atoms with Gasteiger partial charge in [-0.2, -0.15) is 13.2 Å². The third-order valence-electron chi connectivity index (χ3n) is 7.09. The standard InChI is InChI=1S/C30H32ClF4N3O5S/c1-16(2)23(25(39)30(33,34)35)37-28(42)24(29(3)12-10-19(43-4)11-13-29)38-26(40)20(15-17-6-5-7-18(32)14-17)36-27(41)21-8-9-22(31)44-21/h5-12,14,16,20,23-24H,13,15H2,1-4H3,(H,36,41)(H,37,42)(H,38,40)/t20-,23-,24+,29?/m0/s1. The van der Waals surface area contributed by atoms with Crippen molar-refractivity contribution in [1.29, 1.82) is 0 Å². The fraction of sp³-hybridized carbons (Fsp3) is 0.400. The van der Waals surface area contributed by atoms with Crippen LogP contribution < -0.4 is 16.0 Å². The first kappa shape index (κ1) is 34.8. The van der Waals surface area contributed by atoms with Gasteiger partial charge in [-0.05, 0) is 54.3 Å². The number of hydrogen-bond acceptors (Lipinski definition) is 6. The van der Waals surface area contributed by atoms with Gasteiger partial charge in [-0.15, -0.1) is 11.3 Å². The number of alkyl halides is 3. The lowest BCUT2D eigenvalue weighted by Gasteiger charge is -2.37. The van der Waals surface area contributed by atoms with Gasteiger partial charge in [0, 0.05) is 11.8 Å². The fourth-order valence-corrected chi connectivity index (χ4v) is 5.54. The fourth-order valence-electron chi connectivity index (χ4n) is 4.59. The van der Waals surface area contributed by atoms with Crippen LogP contribution in [-0.2, 0) is 25.5 Å². The number of nitrogens with one attached hydrogen (secondary N) is 3. The molecule has 0 fully saturated rings. The summed E-state index contributed by atoms with van der Waals surface area (Å²) in [7, 11) is 1.43. The number of carbonyl (C=O) groups is 4. The Bertz CT molecular complexity index is 1460. The van der Waals surface area contributed by atoms with Crippen LogP contribution in [0.25, 0.3) is 0 Å². The molecule has 4 atom stereocenters. The number of ketones is 1. The number of amides is 3. The van der Waals surface area contributed by atoms with Crippen molar-refractivity contribution in [2.24, 2.45) is 11.3 Å². The number of hydrogen-bond donors (Lipinski definition) is 3. The quantitative estimate of drug-likeness (QED) is 0.274. The monoisotopic (exact) mass is 657 g/mol. The number of methoxy groups -OCH3 is 1. The Balaban J connectivity index is 1.97. The average Bonchev–Trinajstić information content (AvgIpc) is 3.39. The second kappa shape index (κ2) is 14.4. The molecule has 1 unspecified atom stereocenters. The molecule has 0 saturated heterocycles. The van der Waals surface area contributed by atoms with Crippen LogP contribution in [0.3, 0.4) is 0 Å². The van der Waals surface area contributed by atoms with Crippen LogP contribution in [0.5, 0.6) is 0 Å². The molecule has 1 aliphatic rings. The predicted octanol–water partition coefficient (Wildman–Crippen LogP) is 5.14. The highest BCUT2D eigenvalue weighted by molar-refractivity contribution is 7.18. The van der Waals surface area contributed by atoms with E-state index in [1.807, 2.05) is 0 Å². The van der Waals surface area contributed by atoms with Crippen molar-refractivity contribution in [3.8, 4) is 0 Å². The molecule has 0 bridgehead atoms. The molecule has 0 spiro atoms. The first-order chi connectivity index (χ1) is 20.5. The van der Waals surface area contributed by atoms with Gasteiger partial charge in [-0.3, -0.25) is 19.2 Å². The van der Waals surface area contributed by atoms with Gasteiger partial charge in [0.05, 0.1) is 22.4 Å². The Kier molecular flexibility index (Phi) is 11.4. The molecule has 0 aliphatic heterocycles. The number of thiophene rings is 1. The number of ether oxygens (including phenoxy) is 1. The number of carbonyl (C=O) groups excluding carboxylic acids is 4. The van der Waals surface area contributed by atoms with E-state index >= 15 is 0 Å². The van der Waals surface area contributed by atoms with E-state index in [1.54, 1.807) is 31.2 Å². The predicted molar refractivity (Wildman–Crippen MR) is 157 cm³/mol. The zero-order valence-electron chi connectivity index (χ0n) is 24.3. The number of allylic oxidation sites excluding steroid dienone is 2. The maximum Gasteiger partial charge on any atom is 0.452 e. The zero-order valence-corrected chi connectivity index (χ0v) is 25.8. The molecule has 238 valence electrons. The summed E-state index contributed by atoms with van der Waals surface area (Å²) in [5, 5.41) is 7.35. The van der Waals surface area contributed by atoms with Gasteiger partial charge in [0.25, 0.3) is 11.7 Å². The minimum Gasteiger partial charge on any atom is -0.497 e. The Morgan fingerprint density at radius 1 is 1.07 bits per heavy atom. The van der Waals surface area contributed by atoms with Crippen LogP contribution in [0, 0.1) is 17.2 Å². The van der Waals surface area contributed by atoms with Crippen LogP contribution >= 0.6 is 22.9 Å². The van der Waals surface area contributed by atoms with Gasteiger partial charge in [0.1, 0.15) is 23.7 Å². The van der Waals surface area contributed by atoms with Crippen LogP contribution in [-0.4, -0.2) is 54.9 Å². The van der Waals surface area contributed by atoms with Gasteiger partial charge < -0.3 is 20.7 Å². The van der Waals surface area contributed by atoms with E-state index < -0.39 is 65.0 Å². The Morgan fingerprint density at radius 2 is 1.77 bits per heavy atom. The second-order valence-corrected chi connectivity index (χ2v) is 12.6. The molecule has 44 heavy (non-hydrogen) atoms. The van der Waals surface area contributed by atoms with Gasteiger partial charge in [0.2, 0.25) is 11.8 Å². The normalized spacial score (nSPS) is 18.5. The second-order valence-electron chi connectivity index (χ2n) is 10.9. The highest BCUT2D eigenvalue weighted by atomic mass is 35.5. The molecule has 1 heterocycles. The molecular weight excluding hydrogens is 626 g/mol. The minimum absolute atomic E-state index is 0.124. The van der Waals surface area contributed by atoms with E-state index in [0.717, 1.165) is 11.3 Å². The summed E-state index contributed by atoms with van der Waals surface area (Å²) in [6, 6.07) is 3.52. The molecule has 14 heteroatoms. The largest absolute Gasteiger partial charge is 0.497 e. The first-order valence-corrected chi connectivity index (χ1v) is 14.7. The van der Waals surface area contributed by atoms with Crippen molar-refractivity contribution in [1.82, 2.24) is 16.0 Å². The van der Waals surface area contributed by atoms with Crippen molar-refractivity contribution in [3.05, 3.63) is 81.0 Å². The lowest BCUT2D eigenvalue weighted by Crippen LogP contribution is -2.62. The molecule has 2 aromatic rings. The maximum atomic E-state index is 14.0. The zero-order chi connectivity index (χ0) is 32.8. The average molecular weight is 658 g/mol. The van der Waals surface area contributed by atoms with Crippen LogP contribution in [0.2, 0.25) is 4.34 Å². The smallest absolute Gasteiger partial charge is 0.452 e. The van der Waals surface area contributed by atoms with Crippen molar-refractivity contribution in [2.75, 3.05) is 7.11 Å². The summed E-state index contributed by atoms with van der Waals surface area (Å²) in [6.07, 6.45) is -0.524. The first-order valence-electron chi connectivity index (χ1n) is 13.5. The minimum atomic E-state index is -5.21. The Labute approximate surface area is 260 Å². The van der Waals surface area contributed by atoms with Crippen LogP contribution in [0.15, 0.2) is 60.4 Å². The van der Waals surface area contributed by atoms with E-state index in [2.05, 4.69) is 16.0 Å². The highest BCUT2D eigenvalue weighted by Crippen LogP contribution is 2.34. The SMILES string of the molecule is COC1=CCC(C)([C@H](NC(=O)[C@H](Cc2cccc(F)c2)NC(=O)c2ccc(Cl)s2)C(=O)N[C@H](C(=O)C(F)(F)F)C(C)C)C=C1. The molecule has 8 nitrogen and oxygen atoms in total. The third-order valence-corrected chi connectivity index (χ3v) is 8.32. The molecule has 3 amide bonds. The molecule has 0 saturated carbocycles. The number of halogens is 5. The molecule has 1 aromatic carbocycles. The number of Topliss-reactive ketones (excluding diaryl/α,β-unsaturated/α-hetero) is 1. The summed E-state index contributed by atoms with van der Waals surface area (Å²) in [6.45, 7) is 4.29. The molecule has 3 rings (SSSR count). The molecule has 1 aliphatic carbocycles. The van der Waals surface area contributed by atoms with E-state index in [4.69, 9.17) is 16.3 Å². The van der Waals surface area contributed by atoms with E-state index in [-0.39, 0.29) is 17.7 Å². The maximum absolute atomic E-state index is 14.0. The lowest BCUT2D eigenvalue weighted by molar-refractivity contribution is -0.175. The van der Waals surface area contributed by atoms with Crippen molar-refractivity contribution >= 4 is 46.4 Å². The summed E-state index contributed by atoms with van der Waals surface area (Å²) in [5.41, 5.74) is -0.845. The van der Waals surface area contributed by atoms with E-state index in [0.29, 0.717) is 15.7 Å². The number of rotatable bonds is 12. The van der Waals surface area contributed by atoms with Gasteiger partial charge >= 0.3 is 6.18 Å². The van der Waals surface area contributed by atoms with Gasteiger partial charge in [-0.25, -0.2) is 4.39 Å². The van der Waals surface area contributed by atoms with Gasteiger partial charge in [-0.1, -0.05) is 50.6 Å². The van der Waals surface area contributed by atoms with Crippen LogP contribution in [0.1, 0.15) is 42.4 Å². The van der Waals surface area contributed by atoms with Gasteiger partial charge in [0.15, 0.2) is 0 Å². The van der Waals surface area contributed by atoms with Crippen molar-refractivity contribution in [2.45, 2.75) is 57.9 Å². The summed E-state index contributed by atoms with van der Waals surface area (Å²) in [4.78, 5) is 52.8. The Hall–Kier alpha value is -3.71. The molecule has 0 radical (unpaired) electrons. The number of benzene rings is 1. The molecular formula is C30H32ClF4N3O5S. The summed E-state index contributed by atoms with van der Waals surface area (Å²) >= 11 is 6.91. The summed E-state index contributed by atoms with van der Waals surface area (Å²) in [5.74, 6) is -5.76.